The molecule has 0 radical (unpaired) electrons. The van der Waals surface area contributed by atoms with Gasteiger partial charge in [0.05, 0.1) is 6.20 Å². The normalized spacial score (nSPS) is 12.3. The molecule has 84 valence electrons. The summed E-state index contributed by atoms with van der Waals surface area (Å²) in [6.45, 7) is 0.550. The summed E-state index contributed by atoms with van der Waals surface area (Å²) in [6, 6.07) is -0.822. The number of anilines is 1. The van der Waals surface area contributed by atoms with Crippen LogP contribution in [0.1, 0.15) is 12.8 Å². The maximum atomic E-state index is 10.4. The van der Waals surface area contributed by atoms with E-state index in [1.165, 1.54) is 6.20 Å². The fraction of sp³-hybridized carbons (Fsp3) is 0.500. The van der Waals surface area contributed by atoms with Crippen LogP contribution in [0.5, 0.6) is 5.88 Å². The number of aliphatic carboxylic acids is 1. The van der Waals surface area contributed by atoms with E-state index in [2.05, 4.69) is 15.3 Å². The zero-order chi connectivity index (χ0) is 11.3. The van der Waals surface area contributed by atoms with Gasteiger partial charge in [-0.3, -0.25) is 9.78 Å². The molecule has 0 unspecified atom stereocenters. The smallest absolute Gasteiger partial charge is 0.320 e. The van der Waals surface area contributed by atoms with Crippen molar-refractivity contribution < 1.29 is 15.0 Å². The first-order valence-electron chi connectivity index (χ1n) is 4.56. The first kappa shape index (κ1) is 11.3. The summed E-state index contributed by atoms with van der Waals surface area (Å²) < 4.78 is 0. The number of hydrogen-bond acceptors (Lipinski definition) is 5. The average molecular weight is 214 g/mol. The third kappa shape index (κ3) is 3.86. The Morgan fingerprint density at radius 3 is 3.00 bits per heavy atom. The predicted octanol–water partition coefficient (Wildman–Crippen LogP) is -0.281. The number of nitrogens with zero attached hydrogens (tertiary/aromatic N) is 1. The van der Waals surface area contributed by atoms with Gasteiger partial charge in [0.15, 0.2) is 0 Å². The summed E-state index contributed by atoms with van der Waals surface area (Å²) in [7, 11) is 0. The van der Waals surface area contributed by atoms with Crippen LogP contribution < -0.4 is 11.1 Å². The highest BCUT2D eigenvalue weighted by Crippen LogP contribution is 2.07. The number of carboxylic acid groups (broad SMARTS) is 1. The molecule has 0 bridgehead atoms. The Labute approximate surface area is 86.3 Å². The zero-order valence-electron chi connectivity index (χ0n) is 8.10. The number of nitrogens with two attached hydrogens (primary N) is 1. The number of carbonyl (C=O) groups is 1. The summed E-state index contributed by atoms with van der Waals surface area (Å²) in [5.74, 6) is -0.554. The van der Waals surface area contributed by atoms with Gasteiger partial charge in [0.2, 0.25) is 11.8 Å². The van der Waals surface area contributed by atoms with E-state index in [0.29, 0.717) is 25.3 Å². The second kappa shape index (κ2) is 5.20. The lowest BCUT2D eigenvalue weighted by molar-refractivity contribution is -0.138. The van der Waals surface area contributed by atoms with Gasteiger partial charge in [0.1, 0.15) is 6.04 Å². The average Bonchev–Trinajstić information content (AvgIpc) is 2.58. The molecule has 6 N–H and O–H groups in total. The highest BCUT2D eigenvalue weighted by Gasteiger charge is 2.09. The van der Waals surface area contributed by atoms with Crippen LogP contribution in [0.25, 0.3) is 0 Å². The molecule has 0 aliphatic carbocycles. The molecular formula is C8H14N4O3. The number of aromatic nitrogens is 2. The van der Waals surface area contributed by atoms with Crippen molar-refractivity contribution in [2.75, 3.05) is 11.9 Å². The fourth-order valence-electron chi connectivity index (χ4n) is 1.05. The Morgan fingerprint density at radius 1 is 1.73 bits per heavy atom. The molecule has 0 aliphatic heterocycles. The number of hydrogen-bond donors (Lipinski definition) is 5. The van der Waals surface area contributed by atoms with E-state index >= 15 is 0 Å². The second-order valence-corrected chi connectivity index (χ2v) is 3.13. The van der Waals surface area contributed by atoms with Gasteiger partial charge in [-0.05, 0) is 12.8 Å². The number of rotatable bonds is 6. The van der Waals surface area contributed by atoms with Gasteiger partial charge in [-0.25, -0.2) is 4.98 Å². The van der Waals surface area contributed by atoms with Crippen LogP contribution in [0, 0.1) is 0 Å². The second-order valence-electron chi connectivity index (χ2n) is 3.13. The van der Waals surface area contributed by atoms with Gasteiger partial charge in [0.25, 0.3) is 0 Å². The minimum atomic E-state index is -0.995. The largest absolute Gasteiger partial charge is 0.493 e. The van der Waals surface area contributed by atoms with E-state index in [9.17, 15) is 4.79 Å². The Morgan fingerprint density at radius 2 is 2.47 bits per heavy atom. The SMILES string of the molecule is N[C@@H](CCCNc1ncc(O)[nH]1)C(=O)O. The van der Waals surface area contributed by atoms with Gasteiger partial charge < -0.3 is 21.3 Å². The van der Waals surface area contributed by atoms with Gasteiger partial charge in [0, 0.05) is 6.54 Å². The van der Waals surface area contributed by atoms with Crippen LogP contribution in [-0.4, -0.2) is 38.7 Å². The molecule has 7 heteroatoms. The van der Waals surface area contributed by atoms with Crippen LogP contribution in [0.2, 0.25) is 0 Å². The number of aromatic hydroxyl groups is 1. The molecule has 0 amide bonds. The predicted molar refractivity (Wildman–Crippen MR) is 53.6 cm³/mol. The quantitative estimate of drug-likeness (QED) is 0.415. The van der Waals surface area contributed by atoms with Crippen molar-refractivity contribution in [3.63, 3.8) is 0 Å². The topological polar surface area (TPSA) is 124 Å². The van der Waals surface area contributed by atoms with Crippen LogP contribution in [0.4, 0.5) is 5.95 Å². The molecule has 15 heavy (non-hydrogen) atoms. The van der Waals surface area contributed by atoms with Gasteiger partial charge >= 0.3 is 5.97 Å². The summed E-state index contributed by atoms with van der Waals surface area (Å²) in [4.78, 5) is 16.7. The van der Waals surface area contributed by atoms with Crippen LogP contribution in [0.3, 0.4) is 0 Å². The molecule has 1 aromatic heterocycles. The maximum Gasteiger partial charge on any atom is 0.320 e. The van der Waals surface area contributed by atoms with E-state index < -0.39 is 12.0 Å². The molecule has 0 aliphatic rings. The Kier molecular flexibility index (Phi) is 3.92. The standard InChI is InChI=1S/C8H14N4O3/c9-5(7(14)15)2-1-3-10-8-11-4-6(13)12-8/h4-5,13H,1-3,9H2,(H,14,15)(H2,10,11,12)/t5-/m0/s1. The first-order valence-corrected chi connectivity index (χ1v) is 4.56. The van der Waals surface area contributed by atoms with Crippen LogP contribution in [0.15, 0.2) is 6.20 Å². The number of aromatic amines is 1. The van der Waals surface area contributed by atoms with E-state index in [0.717, 1.165) is 0 Å². The molecule has 0 saturated carbocycles. The summed E-state index contributed by atoms with van der Waals surface area (Å²) in [5, 5.41) is 20.3. The number of carboxylic acids is 1. The van der Waals surface area contributed by atoms with Crippen molar-refractivity contribution in [1.82, 2.24) is 9.97 Å². The van der Waals surface area contributed by atoms with E-state index in [-0.39, 0.29) is 5.88 Å². The van der Waals surface area contributed by atoms with Crippen molar-refractivity contribution >= 4 is 11.9 Å². The summed E-state index contributed by atoms with van der Waals surface area (Å²) in [6.07, 6.45) is 2.30. The number of imidazole rings is 1. The third-order valence-electron chi connectivity index (χ3n) is 1.86. The number of H-pyrrole nitrogens is 1. The van der Waals surface area contributed by atoms with Gasteiger partial charge in [-0.15, -0.1) is 0 Å². The lowest BCUT2D eigenvalue weighted by Gasteiger charge is -2.06. The van der Waals surface area contributed by atoms with Crippen molar-refractivity contribution in [2.45, 2.75) is 18.9 Å². The molecule has 0 spiro atoms. The van der Waals surface area contributed by atoms with Crippen molar-refractivity contribution in [2.24, 2.45) is 5.73 Å². The maximum absolute atomic E-state index is 10.4. The molecule has 1 atom stereocenters. The van der Waals surface area contributed by atoms with Crippen LogP contribution >= 0.6 is 0 Å². The Hall–Kier alpha value is -1.76. The molecule has 1 rings (SSSR count). The van der Waals surface area contributed by atoms with Gasteiger partial charge in [-0.1, -0.05) is 0 Å². The Bertz CT molecular complexity index is 325. The monoisotopic (exact) mass is 214 g/mol. The zero-order valence-corrected chi connectivity index (χ0v) is 8.10. The van der Waals surface area contributed by atoms with Gasteiger partial charge in [-0.2, -0.15) is 0 Å². The van der Waals surface area contributed by atoms with Crippen molar-refractivity contribution in [3.05, 3.63) is 6.20 Å². The van der Waals surface area contributed by atoms with E-state index in [1.54, 1.807) is 0 Å². The van der Waals surface area contributed by atoms with Crippen LogP contribution in [-0.2, 0) is 4.79 Å². The molecule has 7 nitrogen and oxygen atoms in total. The lowest BCUT2D eigenvalue weighted by Crippen LogP contribution is -2.30. The van der Waals surface area contributed by atoms with E-state index in [1.807, 2.05) is 0 Å². The minimum Gasteiger partial charge on any atom is -0.493 e. The molecule has 0 fully saturated rings. The highest BCUT2D eigenvalue weighted by atomic mass is 16.4. The van der Waals surface area contributed by atoms with Crippen molar-refractivity contribution in [1.29, 1.82) is 0 Å². The summed E-state index contributed by atoms with van der Waals surface area (Å²) >= 11 is 0. The number of nitrogens with one attached hydrogen (secondary N) is 2. The summed E-state index contributed by atoms with van der Waals surface area (Å²) in [5.41, 5.74) is 5.31. The highest BCUT2D eigenvalue weighted by molar-refractivity contribution is 5.72. The molecular weight excluding hydrogens is 200 g/mol. The lowest BCUT2D eigenvalue weighted by atomic mass is 10.2. The molecule has 0 aromatic carbocycles. The third-order valence-corrected chi connectivity index (χ3v) is 1.86. The fourth-order valence-corrected chi connectivity index (χ4v) is 1.05. The minimum absolute atomic E-state index is 0.0141. The first-order chi connectivity index (χ1) is 7.09. The van der Waals surface area contributed by atoms with Crippen molar-refractivity contribution in [3.8, 4) is 5.88 Å². The molecule has 1 heterocycles. The molecule has 1 aromatic rings. The Balaban J connectivity index is 2.14. The molecule has 0 saturated heterocycles. The van der Waals surface area contributed by atoms with E-state index in [4.69, 9.17) is 15.9 Å².